The average Bonchev–Trinajstić information content (AvgIpc) is 2.99. The van der Waals surface area contributed by atoms with E-state index >= 15 is 0 Å². The maximum absolute atomic E-state index is 11.8. The van der Waals surface area contributed by atoms with Gasteiger partial charge < -0.3 is 20.5 Å². The van der Waals surface area contributed by atoms with Crippen molar-refractivity contribution < 1.29 is 9.32 Å². The molecule has 1 aromatic heterocycles. The highest BCUT2D eigenvalue weighted by atomic mass is 16.5. The van der Waals surface area contributed by atoms with Crippen LogP contribution in [0.5, 0.6) is 0 Å². The van der Waals surface area contributed by atoms with Crippen molar-refractivity contribution in [2.24, 2.45) is 10.9 Å². The van der Waals surface area contributed by atoms with E-state index < -0.39 is 0 Å². The van der Waals surface area contributed by atoms with Gasteiger partial charge in [0.15, 0.2) is 11.7 Å². The van der Waals surface area contributed by atoms with E-state index in [9.17, 15) is 4.79 Å². The van der Waals surface area contributed by atoms with E-state index in [1.54, 1.807) is 0 Å². The number of nitrogens with one attached hydrogen (secondary N) is 3. The number of carbonyl (C=O) groups is 1. The SMILES string of the molecule is CCNC(=NCc1cc(C(C)C)no1)NCCCNC(=O)C1CCC1. The van der Waals surface area contributed by atoms with E-state index in [-0.39, 0.29) is 11.8 Å². The normalized spacial score (nSPS) is 15.1. The van der Waals surface area contributed by atoms with Crippen LogP contribution in [0.3, 0.4) is 0 Å². The molecular weight excluding hydrogens is 318 g/mol. The molecule has 1 fully saturated rings. The molecule has 1 heterocycles. The quantitative estimate of drug-likeness (QED) is 0.361. The third kappa shape index (κ3) is 6.40. The van der Waals surface area contributed by atoms with Crippen molar-refractivity contribution >= 4 is 11.9 Å². The lowest BCUT2D eigenvalue weighted by Crippen LogP contribution is -2.39. The van der Waals surface area contributed by atoms with E-state index in [2.05, 4.69) is 39.9 Å². The molecule has 140 valence electrons. The lowest BCUT2D eigenvalue weighted by Gasteiger charge is -2.24. The fraction of sp³-hybridized carbons (Fsp3) is 0.722. The number of guanidine groups is 1. The minimum Gasteiger partial charge on any atom is -0.359 e. The number of rotatable bonds is 9. The summed E-state index contributed by atoms with van der Waals surface area (Å²) in [5.41, 5.74) is 0.949. The molecule has 7 heteroatoms. The van der Waals surface area contributed by atoms with E-state index in [0.717, 1.165) is 49.8 Å². The van der Waals surface area contributed by atoms with Gasteiger partial charge in [0.1, 0.15) is 6.54 Å². The summed E-state index contributed by atoms with van der Waals surface area (Å²) in [6.07, 6.45) is 4.14. The van der Waals surface area contributed by atoms with Crippen molar-refractivity contribution in [2.75, 3.05) is 19.6 Å². The molecule has 0 aromatic carbocycles. The van der Waals surface area contributed by atoms with Crippen molar-refractivity contribution in [3.63, 3.8) is 0 Å². The van der Waals surface area contributed by atoms with E-state index in [1.807, 2.05) is 13.0 Å². The maximum atomic E-state index is 11.8. The molecule has 3 N–H and O–H groups in total. The Balaban J connectivity index is 1.68. The first-order valence-corrected chi connectivity index (χ1v) is 9.35. The van der Waals surface area contributed by atoms with Crippen LogP contribution in [0.2, 0.25) is 0 Å². The molecule has 0 saturated heterocycles. The molecule has 0 unspecified atom stereocenters. The predicted molar refractivity (Wildman–Crippen MR) is 98.4 cm³/mol. The topological polar surface area (TPSA) is 91.6 Å². The summed E-state index contributed by atoms with van der Waals surface area (Å²) in [5.74, 6) is 2.31. The molecule has 0 spiro atoms. The van der Waals surface area contributed by atoms with Gasteiger partial charge >= 0.3 is 0 Å². The standard InChI is InChI=1S/C18H31N5O2/c1-4-19-18(22-12-15-11-16(13(2)3)23-25-15)21-10-6-9-20-17(24)14-7-5-8-14/h11,13-14H,4-10,12H2,1-3H3,(H,20,24)(H2,19,21,22). The van der Waals surface area contributed by atoms with Crippen LogP contribution in [0.1, 0.15) is 63.8 Å². The highest BCUT2D eigenvalue weighted by Crippen LogP contribution is 2.26. The van der Waals surface area contributed by atoms with E-state index in [4.69, 9.17) is 4.52 Å². The van der Waals surface area contributed by atoms with Gasteiger partial charge in [-0.1, -0.05) is 25.4 Å². The Morgan fingerprint density at radius 1 is 1.32 bits per heavy atom. The van der Waals surface area contributed by atoms with Crippen LogP contribution in [-0.2, 0) is 11.3 Å². The Kier molecular flexibility index (Phi) is 7.76. The van der Waals surface area contributed by atoms with Gasteiger partial charge in [-0.25, -0.2) is 4.99 Å². The fourth-order valence-electron chi connectivity index (χ4n) is 2.50. The second kappa shape index (κ2) is 10.1. The molecule has 1 amide bonds. The van der Waals surface area contributed by atoms with Crippen LogP contribution in [-0.4, -0.2) is 36.7 Å². The predicted octanol–water partition coefficient (Wildman–Crippen LogP) is 2.16. The number of amides is 1. The molecule has 0 bridgehead atoms. The molecule has 0 aliphatic heterocycles. The summed E-state index contributed by atoms with van der Waals surface area (Å²) in [6, 6.07) is 1.95. The summed E-state index contributed by atoms with van der Waals surface area (Å²) in [7, 11) is 0. The lowest BCUT2D eigenvalue weighted by molar-refractivity contribution is -0.127. The summed E-state index contributed by atoms with van der Waals surface area (Å²) in [4.78, 5) is 16.3. The van der Waals surface area contributed by atoms with Crippen molar-refractivity contribution in [3.8, 4) is 0 Å². The molecule has 0 radical (unpaired) electrons. The number of hydrogen-bond acceptors (Lipinski definition) is 4. The summed E-state index contributed by atoms with van der Waals surface area (Å²) in [5, 5.41) is 13.5. The molecule has 1 aliphatic carbocycles. The molecular formula is C18H31N5O2. The number of aromatic nitrogens is 1. The summed E-state index contributed by atoms with van der Waals surface area (Å²) < 4.78 is 5.30. The van der Waals surface area contributed by atoms with E-state index in [0.29, 0.717) is 19.0 Å². The third-order valence-electron chi connectivity index (χ3n) is 4.33. The monoisotopic (exact) mass is 349 g/mol. The van der Waals surface area contributed by atoms with Crippen LogP contribution in [0.25, 0.3) is 0 Å². The first-order chi connectivity index (χ1) is 12.1. The van der Waals surface area contributed by atoms with Gasteiger partial charge in [-0.05, 0) is 32.1 Å². The number of aliphatic imine (C=N–C) groups is 1. The molecule has 1 saturated carbocycles. The Morgan fingerprint density at radius 3 is 2.68 bits per heavy atom. The number of hydrogen-bond donors (Lipinski definition) is 3. The van der Waals surface area contributed by atoms with Crippen LogP contribution in [0, 0.1) is 5.92 Å². The van der Waals surface area contributed by atoms with Gasteiger partial charge in [0, 0.05) is 31.6 Å². The van der Waals surface area contributed by atoms with Gasteiger partial charge in [-0.3, -0.25) is 4.79 Å². The highest BCUT2D eigenvalue weighted by molar-refractivity contribution is 5.80. The van der Waals surface area contributed by atoms with Gasteiger partial charge in [0.25, 0.3) is 0 Å². The van der Waals surface area contributed by atoms with Crippen LogP contribution >= 0.6 is 0 Å². The smallest absolute Gasteiger partial charge is 0.223 e. The summed E-state index contributed by atoms with van der Waals surface area (Å²) in [6.45, 7) is 8.89. The minimum atomic E-state index is 0.207. The molecule has 1 aromatic rings. The molecule has 0 atom stereocenters. The van der Waals surface area contributed by atoms with Crippen LogP contribution in [0.4, 0.5) is 0 Å². The van der Waals surface area contributed by atoms with Crippen molar-refractivity contribution in [2.45, 2.75) is 58.9 Å². The maximum Gasteiger partial charge on any atom is 0.223 e. The first kappa shape index (κ1) is 19.3. The molecule has 25 heavy (non-hydrogen) atoms. The second-order valence-electron chi connectivity index (χ2n) is 6.77. The first-order valence-electron chi connectivity index (χ1n) is 9.35. The van der Waals surface area contributed by atoms with Crippen LogP contribution < -0.4 is 16.0 Å². The second-order valence-corrected chi connectivity index (χ2v) is 6.77. The van der Waals surface area contributed by atoms with E-state index in [1.165, 1.54) is 6.42 Å². The lowest BCUT2D eigenvalue weighted by atomic mass is 9.85. The Bertz CT molecular complexity index is 564. The van der Waals surface area contributed by atoms with Gasteiger partial charge in [-0.15, -0.1) is 0 Å². The third-order valence-corrected chi connectivity index (χ3v) is 4.33. The molecule has 1 aliphatic rings. The highest BCUT2D eigenvalue weighted by Gasteiger charge is 2.24. The zero-order valence-corrected chi connectivity index (χ0v) is 15.6. The molecule has 7 nitrogen and oxygen atoms in total. The van der Waals surface area contributed by atoms with Crippen LogP contribution in [0.15, 0.2) is 15.6 Å². The zero-order chi connectivity index (χ0) is 18.1. The van der Waals surface area contributed by atoms with Crippen molar-refractivity contribution in [1.82, 2.24) is 21.1 Å². The van der Waals surface area contributed by atoms with Gasteiger partial charge in [0.2, 0.25) is 5.91 Å². The Morgan fingerprint density at radius 2 is 2.08 bits per heavy atom. The zero-order valence-electron chi connectivity index (χ0n) is 15.6. The van der Waals surface area contributed by atoms with Gasteiger partial charge in [0.05, 0.1) is 5.69 Å². The average molecular weight is 349 g/mol. The molecule has 2 rings (SSSR count). The van der Waals surface area contributed by atoms with Crippen molar-refractivity contribution in [3.05, 3.63) is 17.5 Å². The van der Waals surface area contributed by atoms with Gasteiger partial charge in [-0.2, -0.15) is 0 Å². The Labute approximate surface area is 150 Å². The fourth-order valence-corrected chi connectivity index (χ4v) is 2.50. The summed E-state index contributed by atoms with van der Waals surface area (Å²) >= 11 is 0. The van der Waals surface area contributed by atoms with Crippen molar-refractivity contribution in [1.29, 1.82) is 0 Å². The largest absolute Gasteiger partial charge is 0.359 e. The Hall–Kier alpha value is -2.05. The number of nitrogens with zero attached hydrogens (tertiary/aromatic N) is 2. The minimum absolute atomic E-state index is 0.207. The number of carbonyl (C=O) groups excluding carboxylic acids is 1.